The van der Waals surface area contributed by atoms with E-state index in [0.717, 1.165) is 9.87 Å². The van der Waals surface area contributed by atoms with E-state index in [4.69, 9.17) is 9.47 Å². The van der Waals surface area contributed by atoms with Crippen LogP contribution in [0.5, 0.6) is 11.5 Å². The first-order chi connectivity index (χ1) is 16.6. The van der Waals surface area contributed by atoms with Crippen molar-refractivity contribution in [3.63, 3.8) is 0 Å². The third-order valence-corrected chi connectivity index (χ3v) is 7.15. The Balaban J connectivity index is 1.96. The Hall–Kier alpha value is -3.59. The number of nitrogens with one attached hydrogen (secondary N) is 1. The van der Waals surface area contributed by atoms with Gasteiger partial charge in [-0.15, -0.1) is 0 Å². The third-order valence-electron chi connectivity index (χ3n) is 5.36. The predicted octanol–water partition coefficient (Wildman–Crippen LogP) is 4.61. The molecule has 0 heterocycles. The Labute approximate surface area is 205 Å². The molecule has 0 radical (unpaired) electrons. The summed E-state index contributed by atoms with van der Waals surface area (Å²) in [5, 5.41) is 2.79. The summed E-state index contributed by atoms with van der Waals surface area (Å²) in [6.07, 6.45) is 0. The molecule has 1 amide bonds. The SMILES string of the molecule is CCOc1ccc(N(CC(=O)NC(C)c2ccc(F)cc2)S(=O)(=O)c2cc(C)ccc2OC)cc1. The average Bonchev–Trinajstić information content (AvgIpc) is 2.83. The molecule has 1 N–H and O–H groups in total. The van der Waals surface area contributed by atoms with Crippen molar-refractivity contribution in [1.29, 1.82) is 0 Å². The molecule has 0 bridgehead atoms. The summed E-state index contributed by atoms with van der Waals surface area (Å²) in [6.45, 7) is 5.35. The highest BCUT2D eigenvalue weighted by molar-refractivity contribution is 7.93. The second kappa shape index (κ2) is 11.2. The molecule has 0 aliphatic heterocycles. The minimum atomic E-state index is -4.19. The number of carbonyl (C=O) groups excluding carboxylic acids is 1. The molecular weight excluding hydrogens is 471 g/mol. The lowest BCUT2D eigenvalue weighted by Crippen LogP contribution is -2.41. The van der Waals surface area contributed by atoms with Crippen LogP contribution >= 0.6 is 0 Å². The van der Waals surface area contributed by atoms with Crippen LogP contribution in [0.3, 0.4) is 0 Å². The molecule has 0 fully saturated rings. The zero-order valence-electron chi connectivity index (χ0n) is 20.1. The number of nitrogens with zero attached hydrogens (tertiary/aromatic N) is 1. The van der Waals surface area contributed by atoms with Crippen molar-refractivity contribution in [1.82, 2.24) is 5.32 Å². The van der Waals surface area contributed by atoms with Gasteiger partial charge in [-0.2, -0.15) is 0 Å². The molecule has 9 heteroatoms. The number of rotatable bonds is 10. The number of carbonyl (C=O) groups is 1. The Kier molecular flexibility index (Phi) is 8.34. The van der Waals surface area contributed by atoms with Crippen molar-refractivity contribution >= 4 is 21.6 Å². The van der Waals surface area contributed by atoms with Crippen molar-refractivity contribution in [3.8, 4) is 11.5 Å². The van der Waals surface area contributed by atoms with Gasteiger partial charge in [0, 0.05) is 0 Å². The number of aryl methyl sites for hydroxylation is 1. The Morgan fingerprint density at radius 1 is 1.06 bits per heavy atom. The fourth-order valence-corrected chi connectivity index (χ4v) is 5.21. The normalized spacial score (nSPS) is 12.0. The van der Waals surface area contributed by atoms with Crippen LogP contribution in [0.15, 0.2) is 71.6 Å². The summed E-state index contributed by atoms with van der Waals surface area (Å²) < 4.78 is 52.6. The van der Waals surface area contributed by atoms with Gasteiger partial charge in [0.05, 0.1) is 25.4 Å². The van der Waals surface area contributed by atoms with Crippen molar-refractivity contribution in [2.45, 2.75) is 31.7 Å². The van der Waals surface area contributed by atoms with E-state index in [0.29, 0.717) is 23.6 Å². The van der Waals surface area contributed by atoms with Crippen LogP contribution in [0.2, 0.25) is 0 Å². The molecule has 1 unspecified atom stereocenters. The first-order valence-corrected chi connectivity index (χ1v) is 12.5. The van der Waals surface area contributed by atoms with Crippen molar-refractivity contribution in [2.24, 2.45) is 0 Å². The molecule has 0 saturated heterocycles. The van der Waals surface area contributed by atoms with Gasteiger partial charge >= 0.3 is 0 Å². The quantitative estimate of drug-likeness (QED) is 0.439. The first kappa shape index (κ1) is 26.0. The second-order valence-electron chi connectivity index (χ2n) is 7.93. The highest BCUT2D eigenvalue weighted by Gasteiger charge is 2.30. The minimum Gasteiger partial charge on any atom is -0.495 e. The van der Waals surface area contributed by atoms with Gasteiger partial charge in [0.15, 0.2) is 0 Å². The lowest BCUT2D eigenvalue weighted by molar-refractivity contribution is -0.120. The van der Waals surface area contributed by atoms with Crippen molar-refractivity contribution in [2.75, 3.05) is 24.6 Å². The number of methoxy groups -OCH3 is 1. The highest BCUT2D eigenvalue weighted by atomic mass is 32.2. The van der Waals surface area contributed by atoms with E-state index in [1.807, 2.05) is 6.92 Å². The molecule has 3 aromatic rings. The molecule has 0 spiro atoms. The van der Waals surface area contributed by atoms with Crippen LogP contribution < -0.4 is 19.1 Å². The van der Waals surface area contributed by atoms with Crippen LogP contribution in [-0.2, 0) is 14.8 Å². The zero-order valence-corrected chi connectivity index (χ0v) is 20.9. The molecule has 3 aromatic carbocycles. The van der Waals surface area contributed by atoms with E-state index < -0.39 is 28.5 Å². The summed E-state index contributed by atoms with van der Waals surface area (Å²) in [5.74, 6) is -0.152. The van der Waals surface area contributed by atoms with E-state index in [-0.39, 0.29) is 16.5 Å². The lowest BCUT2D eigenvalue weighted by Gasteiger charge is -2.26. The topological polar surface area (TPSA) is 84.9 Å². The number of sulfonamides is 1. The average molecular weight is 501 g/mol. The van der Waals surface area contributed by atoms with Gasteiger partial charge in [0.1, 0.15) is 28.8 Å². The summed E-state index contributed by atoms with van der Waals surface area (Å²) in [5.41, 5.74) is 1.71. The zero-order chi connectivity index (χ0) is 25.6. The summed E-state index contributed by atoms with van der Waals surface area (Å²) in [7, 11) is -2.80. The van der Waals surface area contributed by atoms with E-state index in [9.17, 15) is 17.6 Å². The molecule has 1 atom stereocenters. The number of benzene rings is 3. The molecule has 35 heavy (non-hydrogen) atoms. The molecule has 0 aliphatic carbocycles. The molecule has 7 nitrogen and oxygen atoms in total. The van der Waals surface area contributed by atoms with Crippen LogP contribution in [0.25, 0.3) is 0 Å². The molecule has 186 valence electrons. The van der Waals surface area contributed by atoms with E-state index >= 15 is 0 Å². The molecule has 3 rings (SSSR count). The minimum absolute atomic E-state index is 0.0479. The predicted molar refractivity (Wildman–Crippen MR) is 133 cm³/mol. The Morgan fingerprint density at radius 2 is 1.71 bits per heavy atom. The third kappa shape index (κ3) is 6.30. The van der Waals surface area contributed by atoms with Crippen LogP contribution in [0, 0.1) is 12.7 Å². The number of amides is 1. The maximum atomic E-state index is 13.8. The maximum Gasteiger partial charge on any atom is 0.268 e. The van der Waals surface area contributed by atoms with Gasteiger partial charge in [0.25, 0.3) is 10.0 Å². The monoisotopic (exact) mass is 500 g/mol. The number of hydrogen-bond donors (Lipinski definition) is 1. The molecule has 0 aromatic heterocycles. The number of halogens is 1. The fraction of sp³-hybridized carbons (Fsp3) is 0.269. The van der Waals surface area contributed by atoms with E-state index in [1.54, 1.807) is 62.4 Å². The van der Waals surface area contributed by atoms with Crippen LogP contribution in [-0.4, -0.2) is 34.6 Å². The molecule has 0 aliphatic rings. The molecule has 0 saturated carbocycles. The Bertz CT molecular complexity index is 1260. The van der Waals surface area contributed by atoms with Crippen molar-refractivity contribution < 1.29 is 27.1 Å². The fourth-order valence-electron chi connectivity index (χ4n) is 3.55. The summed E-state index contributed by atoms with van der Waals surface area (Å²) >= 11 is 0. The standard InChI is InChI=1S/C26H29FN2O5S/c1-5-34-23-13-11-22(12-14-23)29(35(31,32)25-16-18(2)6-15-24(25)33-4)17-26(30)28-19(3)20-7-9-21(27)10-8-20/h6-16,19H,5,17H2,1-4H3,(H,28,30). The Morgan fingerprint density at radius 3 is 2.31 bits per heavy atom. The van der Waals surface area contributed by atoms with Gasteiger partial charge in [0.2, 0.25) is 5.91 Å². The second-order valence-corrected chi connectivity index (χ2v) is 9.76. The van der Waals surface area contributed by atoms with Crippen molar-refractivity contribution in [3.05, 3.63) is 83.7 Å². The van der Waals surface area contributed by atoms with Gasteiger partial charge < -0.3 is 14.8 Å². The maximum absolute atomic E-state index is 13.8. The smallest absolute Gasteiger partial charge is 0.268 e. The van der Waals surface area contributed by atoms with Crippen LogP contribution in [0.4, 0.5) is 10.1 Å². The van der Waals surface area contributed by atoms with Gasteiger partial charge in [-0.05, 0) is 80.4 Å². The van der Waals surface area contributed by atoms with Gasteiger partial charge in [-0.3, -0.25) is 9.10 Å². The number of hydrogen-bond acceptors (Lipinski definition) is 5. The van der Waals surface area contributed by atoms with E-state index in [1.165, 1.54) is 25.3 Å². The van der Waals surface area contributed by atoms with Gasteiger partial charge in [-0.25, -0.2) is 12.8 Å². The number of anilines is 1. The lowest BCUT2D eigenvalue weighted by atomic mass is 10.1. The highest BCUT2D eigenvalue weighted by Crippen LogP contribution is 2.31. The first-order valence-electron chi connectivity index (χ1n) is 11.1. The van der Waals surface area contributed by atoms with Gasteiger partial charge in [-0.1, -0.05) is 18.2 Å². The largest absolute Gasteiger partial charge is 0.495 e. The number of ether oxygens (including phenoxy) is 2. The van der Waals surface area contributed by atoms with E-state index in [2.05, 4.69) is 5.32 Å². The summed E-state index contributed by atoms with van der Waals surface area (Å²) in [4.78, 5) is 13.0. The summed E-state index contributed by atoms with van der Waals surface area (Å²) in [6, 6.07) is 16.6. The van der Waals surface area contributed by atoms with Crippen LogP contribution in [0.1, 0.15) is 31.0 Å². The molecular formula is C26H29FN2O5S.